The van der Waals surface area contributed by atoms with Gasteiger partial charge in [0, 0.05) is 11.6 Å². The lowest BCUT2D eigenvalue weighted by molar-refractivity contribution is 0.861. The van der Waals surface area contributed by atoms with Crippen molar-refractivity contribution >= 4 is 22.5 Å². The van der Waals surface area contributed by atoms with Crippen LogP contribution in [0.5, 0.6) is 0 Å². The summed E-state index contributed by atoms with van der Waals surface area (Å²) >= 11 is 0. The van der Waals surface area contributed by atoms with Crippen LogP contribution in [0.25, 0.3) is 16.7 Å². The number of benzene rings is 2. The molecular weight excluding hydrogens is 356 g/mol. The molecule has 0 bridgehead atoms. The van der Waals surface area contributed by atoms with Crippen molar-refractivity contribution in [1.82, 2.24) is 9.38 Å². The van der Waals surface area contributed by atoms with Gasteiger partial charge in [-0.2, -0.15) is 5.26 Å². The maximum Gasteiger partial charge on any atom is 0.157 e. The van der Waals surface area contributed by atoms with E-state index in [1.807, 2.05) is 38.1 Å². The molecule has 1 unspecified atom stereocenters. The third-order valence-electron chi connectivity index (χ3n) is 5.36. The molecule has 2 heterocycles. The minimum absolute atomic E-state index is 0.0942. The Morgan fingerprint density at radius 3 is 2.55 bits per heavy atom. The highest BCUT2D eigenvalue weighted by Crippen LogP contribution is 2.34. The van der Waals surface area contributed by atoms with Crippen LogP contribution < -0.4 is 5.32 Å². The highest BCUT2D eigenvalue weighted by molar-refractivity contribution is 5.86. The van der Waals surface area contributed by atoms with Crippen LogP contribution in [-0.4, -0.2) is 9.38 Å². The van der Waals surface area contributed by atoms with Crippen LogP contribution in [0.3, 0.4) is 0 Å². The molecule has 2 aromatic heterocycles. The average molecular weight is 380 g/mol. The smallest absolute Gasteiger partial charge is 0.157 e. The van der Waals surface area contributed by atoms with E-state index in [-0.39, 0.29) is 6.04 Å². The van der Waals surface area contributed by atoms with Crippen molar-refractivity contribution in [3.05, 3.63) is 89.0 Å². The van der Waals surface area contributed by atoms with E-state index in [4.69, 9.17) is 4.98 Å². The van der Waals surface area contributed by atoms with Gasteiger partial charge in [0.25, 0.3) is 0 Å². The van der Waals surface area contributed by atoms with Crippen molar-refractivity contribution in [2.75, 3.05) is 5.32 Å². The fourth-order valence-electron chi connectivity index (χ4n) is 3.88. The number of anilines is 1. The molecule has 4 nitrogen and oxygen atoms in total. The van der Waals surface area contributed by atoms with Crippen LogP contribution in [0, 0.1) is 18.3 Å². The molecule has 4 aromatic rings. The van der Waals surface area contributed by atoms with Crippen molar-refractivity contribution in [2.45, 2.75) is 33.2 Å². The SMILES string of the molecule is C=C(C)Cc1c(C)c(C#N)c2nc3ccccc3n2c1NC(C)c1ccccc1. The minimum Gasteiger partial charge on any atom is -0.364 e. The number of para-hydroxylation sites is 2. The molecular formula is C25H24N4. The molecule has 144 valence electrons. The van der Waals surface area contributed by atoms with E-state index in [0.717, 1.165) is 33.6 Å². The number of nitrogens with zero attached hydrogens (tertiary/aromatic N) is 3. The molecule has 0 saturated heterocycles. The van der Waals surface area contributed by atoms with Gasteiger partial charge in [-0.05, 0) is 50.5 Å². The van der Waals surface area contributed by atoms with Crippen LogP contribution in [-0.2, 0) is 6.42 Å². The lowest BCUT2D eigenvalue weighted by atomic mass is 9.98. The number of nitriles is 1. The van der Waals surface area contributed by atoms with Crippen LogP contribution in [0.15, 0.2) is 66.7 Å². The number of nitrogens with one attached hydrogen (secondary N) is 1. The van der Waals surface area contributed by atoms with E-state index in [2.05, 4.69) is 59.6 Å². The summed E-state index contributed by atoms with van der Waals surface area (Å²) in [7, 11) is 0. The van der Waals surface area contributed by atoms with Crippen molar-refractivity contribution in [1.29, 1.82) is 5.26 Å². The van der Waals surface area contributed by atoms with Crippen LogP contribution in [0.4, 0.5) is 5.82 Å². The first kappa shape index (κ1) is 18.8. The van der Waals surface area contributed by atoms with Crippen LogP contribution in [0.1, 0.15) is 42.1 Å². The molecule has 4 rings (SSSR count). The Bertz CT molecular complexity index is 1260. The fourth-order valence-corrected chi connectivity index (χ4v) is 3.88. The van der Waals surface area contributed by atoms with Crippen molar-refractivity contribution in [3.8, 4) is 6.07 Å². The zero-order valence-corrected chi connectivity index (χ0v) is 17.0. The Hall–Kier alpha value is -3.58. The van der Waals surface area contributed by atoms with E-state index in [1.165, 1.54) is 5.56 Å². The van der Waals surface area contributed by atoms with E-state index >= 15 is 0 Å². The Balaban J connectivity index is 2.04. The lowest BCUT2D eigenvalue weighted by Crippen LogP contribution is -2.14. The molecule has 2 aromatic carbocycles. The number of hydrogen-bond acceptors (Lipinski definition) is 3. The van der Waals surface area contributed by atoms with E-state index in [9.17, 15) is 5.26 Å². The number of pyridine rings is 1. The molecule has 0 aliphatic rings. The summed E-state index contributed by atoms with van der Waals surface area (Å²) in [5.74, 6) is 0.976. The first-order valence-corrected chi connectivity index (χ1v) is 9.80. The third-order valence-corrected chi connectivity index (χ3v) is 5.36. The van der Waals surface area contributed by atoms with Crippen LogP contribution in [0.2, 0.25) is 0 Å². The zero-order chi connectivity index (χ0) is 20.5. The molecule has 0 amide bonds. The van der Waals surface area contributed by atoms with Crippen molar-refractivity contribution in [3.63, 3.8) is 0 Å². The number of hydrogen-bond donors (Lipinski definition) is 1. The number of fused-ring (bicyclic) bond motifs is 3. The van der Waals surface area contributed by atoms with Gasteiger partial charge in [0.2, 0.25) is 0 Å². The second kappa shape index (κ2) is 7.44. The lowest BCUT2D eigenvalue weighted by Gasteiger charge is -2.23. The maximum absolute atomic E-state index is 9.90. The van der Waals surface area contributed by atoms with Gasteiger partial charge in [-0.3, -0.25) is 4.40 Å². The highest BCUT2D eigenvalue weighted by atomic mass is 15.1. The van der Waals surface area contributed by atoms with Gasteiger partial charge in [-0.1, -0.05) is 54.6 Å². The summed E-state index contributed by atoms with van der Waals surface area (Å²) in [6, 6.07) is 20.9. The van der Waals surface area contributed by atoms with Gasteiger partial charge in [-0.25, -0.2) is 4.98 Å². The average Bonchev–Trinajstić information content (AvgIpc) is 3.10. The Labute approximate surface area is 171 Å². The maximum atomic E-state index is 9.90. The second-order valence-corrected chi connectivity index (χ2v) is 7.61. The van der Waals surface area contributed by atoms with Gasteiger partial charge in [0.1, 0.15) is 11.9 Å². The third kappa shape index (κ3) is 3.25. The minimum atomic E-state index is 0.0942. The molecule has 0 spiro atoms. The first-order chi connectivity index (χ1) is 14.0. The second-order valence-electron chi connectivity index (χ2n) is 7.61. The summed E-state index contributed by atoms with van der Waals surface area (Å²) in [4.78, 5) is 4.79. The first-order valence-electron chi connectivity index (χ1n) is 9.80. The normalized spacial score (nSPS) is 12.1. The zero-order valence-electron chi connectivity index (χ0n) is 17.0. The van der Waals surface area contributed by atoms with E-state index in [1.54, 1.807) is 0 Å². The summed E-state index contributed by atoms with van der Waals surface area (Å²) in [5, 5.41) is 13.6. The molecule has 0 saturated carbocycles. The van der Waals surface area contributed by atoms with Crippen LogP contribution >= 0.6 is 0 Å². The molecule has 4 heteroatoms. The predicted octanol–water partition coefficient (Wildman–Crippen LogP) is 5.96. The van der Waals surface area contributed by atoms with Gasteiger partial charge in [-0.15, -0.1) is 0 Å². The summed E-state index contributed by atoms with van der Waals surface area (Å²) in [6.07, 6.45) is 0.701. The van der Waals surface area contributed by atoms with Gasteiger partial charge in [0.05, 0.1) is 16.6 Å². The predicted molar refractivity (Wildman–Crippen MR) is 119 cm³/mol. The standard InChI is InChI=1S/C25H24N4/c1-16(2)14-20-17(3)21(15-26)25-28-22-12-8-9-13-23(22)29(25)24(20)27-18(4)19-10-6-5-7-11-19/h5-13,18,27H,1,14H2,2-4H3. The molecule has 0 aliphatic carbocycles. The number of rotatable bonds is 5. The van der Waals surface area contributed by atoms with Gasteiger partial charge >= 0.3 is 0 Å². The summed E-state index contributed by atoms with van der Waals surface area (Å²) < 4.78 is 2.10. The number of allylic oxidation sites excluding steroid dienone is 1. The highest BCUT2D eigenvalue weighted by Gasteiger charge is 2.22. The van der Waals surface area contributed by atoms with Crippen molar-refractivity contribution in [2.24, 2.45) is 0 Å². The molecule has 1 atom stereocenters. The molecule has 0 fully saturated rings. The monoisotopic (exact) mass is 380 g/mol. The number of aromatic nitrogens is 2. The topological polar surface area (TPSA) is 53.1 Å². The number of imidazole rings is 1. The van der Waals surface area contributed by atoms with E-state index in [0.29, 0.717) is 17.6 Å². The molecule has 29 heavy (non-hydrogen) atoms. The van der Waals surface area contributed by atoms with Gasteiger partial charge in [0.15, 0.2) is 5.65 Å². The Morgan fingerprint density at radius 1 is 1.17 bits per heavy atom. The largest absolute Gasteiger partial charge is 0.364 e. The van der Waals surface area contributed by atoms with E-state index < -0.39 is 0 Å². The summed E-state index contributed by atoms with van der Waals surface area (Å²) in [5.41, 5.74) is 7.49. The van der Waals surface area contributed by atoms with Crippen molar-refractivity contribution < 1.29 is 0 Å². The Kier molecular flexibility index (Phi) is 4.82. The quantitative estimate of drug-likeness (QED) is 0.435. The van der Waals surface area contributed by atoms with Gasteiger partial charge < -0.3 is 5.32 Å². The molecule has 0 radical (unpaired) electrons. The fraction of sp³-hybridized carbons (Fsp3) is 0.200. The Morgan fingerprint density at radius 2 is 1.86 bits per heavy atom. The molecule has 0 aliphatic heterocycles. The summed E-state index contributed by atoms with van der Waals surface area (Å²) in [6.45, 7) is 10.3. The molecule has 1 N–H and O–H groups in total.